The Balaban J connectivity index is 2.22. The van der Waals surface area contributed by atoms with Gasteiger partial charge in [0.2, 0.25) is 0 Å². The van der Waals surface area contributed by atoms with Crippen molar-refractivity contribution in [2.24, 2.45) is 5.92 Å². The van der Waals surface area contributed by atoms with Crippen LogP contribution in [0.5, 0.6) is 0 Å². The second-order valence-corrected chi connectivity index (χ2v) is 7.91. The first-order valence-corrected chi connectivity index (χ1v) is 8.75. The van der Waals surface area contributed by atoms with Crippen molar-refractivity contribution in [3.8, 4) is 0 Å². The number of nitrogens with zero attached hydrogens (tertiary/aromatic N) is 2. The molecule has 1 aliphatic heterocycles. The molecule has 2 aliphatic rings. The Hall–Kier alpha value is -0.660. The average molecular weight is 304 g/mol. The van der Waals surface area contributed by atoms with E-state index in [0.29, 0.717) is 25.4 Å². The molecule has 1 saturated carbocycles. The van der Waals surface area contributed by atoms with E-state index in [9.17, 15) is 18.3 Å². The molecule has 0 aromatic carbocycles. The number of rotatable bonds is 6. The predicted octanol–water partition coefficient (Wildman–Crippen LogP) is 1.29. The van der Waals surface area contributed by atoms with E-state index in [0.717, 1.165) is 25.7 Å². The van der Waals surface area contributed by atoms with Gasteiger partial charge in [-0.2, -0.15) is 17.0 Å². The van der Waals surface area contributed by atoms with Gasteiger partial charge in [0.15, 0.2) is 0 Å². The highest BCUT2D eigenvalue weighted by atomic mass is 32.2. The summed E-state index contributed by atoms with van der Waals surface area (Å²) in [7, 11) is -3.69. The molecular formula is C13H24N2O4S. The van der Waals surface area contributed by atoms with Crippen LogP contribution in [0.4, 0.5) is 0 Å². The normalized spacial score (nSPS) is 25.3. The van der Waals surface area contributed by atoms with E-state index >= 15 is 0 Å². The van der Waals surface area contributed by atoms with Crippen LogP contribution < -0.4 is 0 Å². The van der Waals surface area contributed by atoms with E-state index in [-0.39, 0.29) is 6.04 Å². The number of hydrogen-bond donors (Lipinski definition) is 1. The Labute approximate surface area is 120 Å². The lowest BCUT2D eigenvalue weighted by molar-refractivity contribution is -0.142. The van der Waals surface area contributed by atoms with Crippen LogP contribution in [0.25, 0.3) is 0 Å². The smallest absolute Gasteiger partial charge is 0.322 e. The maximum absolute atomic E-state index is 12.8. The number of carboxylic acids is 1. The van der Waals surface area contributed by atoms with Crippen molar-refractivity contribution in [2.75, 3.05) is 13.1 Å². The molecule has 1 saturated heterocycles. The molecule has 0 aromatic heterocycles. The zero-order valence-corrected chi connectivity index (χ0v) is 13.0. The van der Waals surface area contributed by atoms with E-state index in [2.05, 4.69) is 0 Å². The number of carboxylic acid groups (broad SMARTS) is 1. The van der Waals surface area contributed by atoms with Gasteiger partial charge in [-0.15, -0.1) is 0 Å². The summed E-state index contributed by atoms with van der Waals surface area (Å²) in [4.78, 5) is 11.3. The maximum atomic E-state index is 12.8. The van der Waals surface area contributed by atoms with Gasteiger partial charge in [-0.3, -0.25) is 4.79 Å². The first kappa shape index (κ1) is 15.7. The Bertz CT molecular complexity index is 459. The van der Waals surface area contributed by atoms with Crippen LogP contribution in [0.3, 0.4) is 0 Å². The summed E-state index contributed by atoms with van der Waals surface area (Å²) in [5, 5.41) is 9.26. The number of hydrogen-bond acceptors (Lipinski definition) is 3. The van der Waals surface area contributed by atoms with Crippen molar-refractivity contribution < 1.29 is 18.3 Å². The molecule has 6 nitrogen and oxygen atoms in total. The molecular weight excluding hydrogens is 280 g/mol. The quantitative estimate of drug-likeness (QED) is 0.802. The summed E-state index contributed by atoms with van der Waals surface area (Å²) in [6, 6.07) is -1.05. The minimum atomic E-state index is -3.69. The van der Waals surface area contributed by atoms with Crippen LogP contribution >= 0.6 is 0 Å². The van der Waals surface area contributed by atoms with E-state index in [1.807, 2.05) is 13.8 Å². The molecule has 0 spiro atoms. The van der Waals surface area contributed by atoms with Gasteiger partial charge in [-0.1, -0.05) is 0 Å². The predicted molar refractivity (Wildman–Crippen MR) is 75.5 cm³/mol. The third kappa shape index (κ3) is 3.32. The number of carbonyl (C=O) groups is 1. The standard InChI is InChI=1S/C13H24N2O4S/c1-10(2)15(9-11-6-7-11)20(18,19)14-8-4-3-5-12(14)13(16)17/h10-12H,3-9H2,1-2H3,(H,16,17). The molecule has 0 amide bonds. The van der Waals surface area contributed by atoms with Crippen molar-refractivity contribution in [3.63, 3.8) is 0 Å². The summed E-state index contributed by atoms with van der Waals surface area (Å²) in [6.45, 7) is 4.52. The molecule has 1 unspecified atom stereocenters. The largest absolute Gasteiger partial charge is 0.480 e. The van der Waals surface area contributed by atoms with Gasteiger partial charge in [-0.25, -0.2) is 0 Å². The molecule has 1 atom stereocenters. The maximum Gasteiger partial charge on any atom is 0.322 e. The van der Waals surface area contributed by atoms with Crippen LogP contribution in [-0.2, 0) is 15.0 Å². The number of aliphatic carboxylic acids is 1. The second-order valence-electron chi connectivity index (χ2n) is 6.08. The number of piperidine rings is 1. The molecule has 1 N–H and O–H groups in total. The van der Waals surface area contributed by atoms with Crippen LogP contribution in [0, 0.1) is 5.92 Å². The fourth-order valence-electron chi connectivity index (χ4n) is 2.69. The first-order valence-electron chi connectivity index (χ1n) is 7.35. The van der Waals surface area contributed by atoms with Gasteiger partial charge >= 0.3 is 5.97 Å². The SMILES string of the molecule is CC(C)N(CC1CC1)S(=O)(=O)N1CCCCC1C(=O)O. The third-order valence-corrected chi connectivity index (χ3v) is 6.24. The lowest BCUT2D eigenvalue weighted by Gasteiger charge is -2.37. The topological polar surface area (TPSA) is 77.9 Å². The van der Waals surface area contributed by atoms with Crippen molar-refractivity contribution in [1.82, 2.24) is 8.61 Å². The highest BCUT2D eigenvalue weighted by Crippen LogP contribution is 2.33. The molecule has 0 aromatic rings. The van der Waals surface area contributed by atoms with Gasteiger partial charge in [0.1, 0.15) is 6.04 Å². The van der Waals surface area contributed by atoms with Gasteiger partial charge in [0.25, 0.3) is 10.2 Å². The van der Waals surface area contributed by atoms with Crippen LogP contribution in [0.1, 0.15) is 46.0 Å². The minimum Gasteiger partial charge on any atom is -0.480 e. The first-order chi connectivity index (χ1) is 9.34. The van der Waals surface area contributed by atoms with Crippen molar-refractivity contribution in [3.05, 3.63) is 0 Å². The van der Waals surface area contributed by atoms with E-state index in [1.165, 1.54) is 8.61 Å². The fraction of sp³-hybridized carbons (Fsp3) is 0.923. The molecule has 1 aliphatic carbocycles. The zero-order valence-electron chi connectivity index (χ0n) is 12.2. The second kappa shape index (κ2) is 5.99. The minimum absolute atomic E-state index is 0.142. The van der Waals surface area contributed by atoms with E-state index in [1.54, 1.807) is 0 Å². The van der Waals surface area contributed by atoms with Gasteiger partial charge < -0.3 is 5.11 Å². The van der Waals surface area contributed by atoms with Crippen LogP contribution in [0.15, 0.2) is 0 Å². The molecule has 2 rings (SSSR count). The van der Waals surface area contributed by atoms with E-state index < -0.39 is 22.2 Å². The monoisotopic (exact) mass is 304 g/mol. The molecule has 7 heteroatoms. The summed E-state index contributed by atoms with van der Waals surface area (Å²) in [5.41, 5.74) is 0. The lowest BCUT2D eigenvalue weighted by atomic mass is 10.1. The van der Waals surface area contributed by atoms with Gasteiger partial charge in [-0.05, 0) is 51.9 Å². The molecule has 116 valence electrons. The Kier molecular flexibility index (Phi) is 4.71. The van der Waals surface area contributed by atoms with Gasteiger partial charge in [0.05, 0.1) is 0 Å². The molecule has 2 fully saturated rings. The van der Waals surface area contributed by atoms with Crippen molar-refractivity contribution in [1.29, 1.82) is 0 Å². The van der Waals surface area contributed by atoms with Crippen molar-refractivity contribution >= 4 is 16.2 Å². The zero-order chi connectivity index (χ0) is 14.9. The Morgan fingerprint density at radius 3 is 2.45 bits per heavy atom. The summed E-state index contributed by atoms with van der Waals surface area (Å²) in [6.07, 6.45) is 4.05. The molecule has 20 heavy (non-hydrogen) atoms. The summed E-state index contributed by atoms with van der Waals surface area (Å²) >= 11 is 0. The van der Waals surface area contributed by atoms with Crippen LogP contribution in [-0.4, -0.2) is 53.3 Å². The molecule has 0 bridgehead atoms. The highest BCUT2D eigenvalue weighted by Gasteiger charge is 2.42. The lowest BCUT2D eigenvalue weighted by Crippen LogP contribution is -2.55. The molecule has 1 heterocycles. The fourth-order valence-corrected chi connectivity index (χ4v) is 4.77. The summed E-state index contributed by atoms with van der Waals surface area (Å²) in [5.74, 6) is -0.594. The highest BCUT2D eigenvalue weighted by molar-refractivity contribution is 7.86. The Morgan fingerprint density at radius 1 is 1.30 bits per heavy atom. The Morgan fingerprint density at radius 2 is 1.95 bits per heavy atom. The molecule has 0 radical (unpaired) electrons. The summed E-state index contributed by atoms with van der Waals surface area (Å²) < 4.78 is 28.3. The average Bonchev–Trinajstić information content (AvgIpc) is 3.19. The van der Waals surface area contributed by atoms with Crippen LogP contribution in [0.2, 0.25) is 0 Å². The van der Waals surface area contributed by atoms with E-state index in [4.69, 9.17) is 0 Å². The van der Waals surface area contributed by atoms with Gasteiger partial charge in [0, 0.05) is 19.1 Å². The van der Waals surface area contributed by atoms with Crippen molar-refractivity contribution in [2.45, 2.75) is 58.0 Å². The third-order valence-electron chi connectivity index (χ3n) is 4.04.